The maximum Gasteiger partial charge on any atom is 0.186 e. The number of benzene rings is 1. The SMILES string of the molecule is Cc1ncnc(NC(CCl)Cc2ccccc2)c1F. The first kappa shape index (κ1) is 13.7. The van der Waals surface area contributed by atoms with Gasteiger partial charge in [-0.1, -0.05) is 30.3 Å². The highest BCUT2D eigenvalue weighted by molar-refractivity contribution is 6.18. The lowest BCUT2D eigenvalue weighted by molar-refractivity contribution is 0.600. The van der Waals surface area contributed by atoms with Gasteiger partial charge < -0.3 is 5.32 Å². The van der Waals surface area contributed by atoms with Crippen molar-refractivity contribution in [1.82, 2.24) is 9.97 Å². The van der Waals surface area contributed by atoms with Crippen LogP contribution >= 0.6 is 11.6 Å². The molecule has 1 aromatic carbocycles. The molecule has 1 unspecified atom stereocenters. The van der Waals surface area contributed by atoms with Crippen molar-refractivity contribution < 1.29 is 4.39 Å². The van der Waals surface area contributed by atoms with Crippen molar-refractivity contribution in [3.63, 3.8) is 0 Å². The van der Waals surface area contributed by atoms with E-state index in [1.165, 1.54) is 6.33 Å². The molecule has 3 nitrogen and oxygen atoms in total. The van der Waals surface area contributed by atoms with Gasteiger partial charge >= 0.3 is 0 Å². The van der Waals surface area contributed by atoms with Crippen molar-refractivity contribution in [3.05, 3.63) is 53.7 Å². The summed E-state index contributed by atoms with van der Waals surface area (Å²) < 4.78 is 13.8. The second kappa shape index (κ2) is 6.48. The molecule has 0 aliphatic heterocycles. The molecule has 5 heteroatoms. The maximum atomic E-state index is 13.8. The van der Waals surface area contributed by atoms with Crippen LogP contribution in [0.3, 0.4) is 0 Å². The van der Waals surface area contributed by atoms with Gasteiger partial charge in [0.05, 0.1) is 5.69 Å². The fraction of sp³-hybridized carbons (Fsp3) is 0.286. The van der Waals surface area contributed by atoms with E-state index in [0.29, 0.717) is 18.0 Å². The van der Waals surface area contributed by atoms with Crippen LogP contribution in [-0.2, 0) is 6.42 Å². The van der Waals surface area contributed by atoms with E-state index in [2.05, 4.69) is 15.3 Å². The van der Waals surface area contributed by atoms with E-state index in [9.17, 15) is 4.39 Å². The van der Waals surface area contributed by atoms with E-state index in [4.69, 9.17) is 11.6 Å². The van der Waals surface area contributed by atoms with Gasteiger partial charge in [-0.15, -0.1) is 11.6 Å². The second-order valence-corrected chi connectivity index (χ2v) is 4.62. The quantitative estimate of drug-likeness (QED) is 0.854. The van der Waals surface area contributed by atoms with Crippen molar-refractivity contribution in [1.29, 1.82) is 0 Å². The van der Waals surface area contributed by atoms with E-state index in [1.807, 2.05) is 30.3 Å². The Morgan fingerprint density at radius 1 is 1.26 bits per heavy atom. The van der Waals surface area contributed by atoms with Gasteiger partial charge in [0.15, 0.2) is 11.6 Å². The monoisotopic (exact) mass is 279 g/mol. The molecule has 0 radical (unpaired) electrons. The molecule has 0 spiro atoms. The fourth-order valence-electron chi connectivity index (χ4n) is 1.79. The molecule has 0 aliphatic rings. The number of hydrogen-bond donors (Lipinski definition) is 1. The first-order valence-electron chi connectivity index (χ1n) is 6.04. The molecule has 1 aromatic heterocycles. The van der Waals surface area contributed by atoms with Gasteiger partial charge in [0.2, 0.25) is 0 Å². The van der Waals surface area contributed by atoms with Crippen LogP contribution in [0.5, 0.6) is 0 Å². The number of hydrogen-bond acceptors (Lipinski definition) is 3. The third-order valence-electron chi connectivity index (χ3n) is 2.82. The Labute approximate surface area is 116 Å². The van der Waals surface area contributed by atoms with Crippen molar-refractivity contribution in [2.24, 2.45) is 0 Å². The van der Waals surface area contributed by atoms with Crippen molar-refractivity contribution >= 4 is 17.4 Å². The third kappa shape index (κ3) is 3.64. The molecule has 0 saturated carbocycles. The van der Waals surface area contributed by atoms with Gasteiger partial charge in [0.25, 0.3) is 0 Å². The van der Waals surface area contributed by atoms with Crippen LogP contribution in [0.1, 0.15) is 11.3 Å². The average molecular weight is 280 g/mol. The predicted molar refractivity (Wildman–Crippen MR) is 75.0 cm³/mol. The summed E-state index contributed by atoms with van der Waals surface area (Å²) in [5.41, 5.74) is 1.47. The first-order chi connectivity index (χ1) is 9.20. The van der Waals surface area contributed by atoms with Gasteiger partial charge in [-0.2, -0.15) is 0 Å². The molecule has 2 aromatic rings. The van der Waals surface area contributed by atoms with Gasteiger partial charge in [0, 0.05) is 11.9 Å². The standard InChI is InChI=1S/C14H15ClFN3/c1-10-13(16)14(18-9-17-10)19-12(8-15)7-11-5-3-2-4-6-11/h2-6,9,12H,7-8H2,1H3,(H,17,18,19). The minimum absolute atomic E-state index is 0.0760. The van der Waals surface area contributed by atoms with E-state index in [1.54, 1.807) is 6.92 Å². The Kier molecular flexibility index (Phi) is 4.68. The Bertz CT molecular complexity index is 533. The number of rotatable bonds is 5. The summed E-state index contributed by atoms with van der Waals surface area (Å²) in [6, 6.07) is 9.85. The van der Waals surface area contributed by atoms with Crippen LogP contribution in [0.15, 0.2) is 36.7 Å². The number of alkyl halides is 1. The van der Waals surface area contributed by atoms with E-state index < -0.39 is 5.82 Å². The molecule has 0 saturated heterocycles. The number of aryl methyl sites for hydroxylation is 1. The molecule has 1 atom stereocenters. The zero-order chi connectivity index (χ0) is 13.7. The molecular weight excluding hydrogens is 265 g/mol. The van der Waals surface area contributed by atoms with Crippen LogP contribution < -0.4 is 5.32 Å². The van der Waals surface area contributed by atoms with Crippen molar-refractivity contribution in [3.8, 4) is 0 Å². The van der Waals surface area contributed by atoms with E-state index in [0.717, 1.165) is 5.56 Å². The number of aromatic nitrogens is 2. The molecule has 2 rings (SSSR count). The molecule has 0 fully saturated rings. The summed E-state index contributed by atoms with van der Waals surface area (Å²) in [4.78, 5) is 7.71. The van der Waals surface area contributed by atoms with Gasteiger partial charge in [-0.3, -0.25) is 0 Å². The van der Waals surface area contributed by atoms with Crippen LogP contribution in [0.2, 0.25) is 0 Å². The molecular formula is C14H15ClFN3. The summed E-state index contributed by atoms with van der Waals surface area (Å²) in [5, 5.41) is 3.03. The highest BCUT2D eigenvalue weighted by atomic mass is 35.5. The average Bonchev–Trinajstić information content (AvgIpc) is 2.44. The third-order valence-corrected chi connectivity index (χ3v) is 3.19. The maximum absolute atomic E-state index is 13.8. The summed E-state index contributed by atoms with van der Waals surface area (Å²) in [5.74, 6) is 0.150. The lowest BCUT2D eigenvalue weighted by Gasteiger charge is -2.17. The lowest BCUT2D eigenvalue weighted by Crippen LogP contribution is -2.25. The summed E-state index contributed by atoms with van der Waals surface area (Å²) in [6.45, 7) is 1.61. The van der Waals surface area contributed by atoms with Crippen LogP contribution in [-0.4, -0.2) is 21.9 Å². The zero-order valence-corrected chi connectivity index (χ0v) is 11.4. The number of nitrogens with one attached hydrogen (secondary N) is 1. The Balaban J connectivity index is 2.09. The van der Waals surface area contributed by atoms with Crippen LogP contribution in [0.4, 0.5) is 10.2 Å². The topological polar surface area (TPSA) is 37.8 Å². The van der Waals surface area contributed by atoms with Crippen LogP contribution in [0, 0.1) is 12.7 Å². The van der Waals surface area contributed by atoms with E-state index >= 15 is 0 Å². The highest BCUT2D eigenvalue weighted by Gasteiger charge is 2.13. The lowest BCUT2D eigenvalue weighted by atomic mass is 10.1. The zero-order valence-electron chi connectivity index (χ0n) is 10.6. The largest absolute Gasteiger partial charge is 0.363 e. The minimum atomic E-state index is -0.425. The number of halogens is 2. The number of nitrogens with zero attached hydrogens (tertiary/aromatic N) is 2. The van der Waals surface area contributed by atoms with Gasteiger partial charge in [-0.25, -0.2) is 14.4 Å². The minimum Gasteiger partial charge on any atom is -0.363 e. The fourth-order valence-corrected chi connectivity index (χ4v) is 1.98. The molecule has 0 amide bonds. The number of anilines is 1. The molecule has 0 aliphatic carbocycles. The molecule has 1 N–H and O–H groups in total. The van der Waals surface area contributed by atoms with Gasteiger partial charge in [-0.05, 0) is 18.9 Å². The summed E-state index contributed by atoms with van der Waals surface area (Å²) in [7, 11) is 0. The van der Waals surface area contributed by atoms with Crippen molar-refractivity contribution in [2.45, 2.75) is 19.4 Å². The molecule has 100 valence electrons. The summed E-state index contributed by atoms with van der Waals surface area (Å²) in [6.07, 6.45) is 2.06. The predicted octanol–water partition coefficient (Wildman–Crippen LogP) is 3.19. The molecule has 19 heavy (non-hydrogen) atoms. The molecule has 0 bridgehead atoms. The first-order valence-corrected chi connectivity index (χ1v) is 6.57. The van der Waals surface area contributed by atoms with Crippen LogP contribution in [0.25, 0.3) is 0 Å². The summed E-state index contributed by atoms with van der Waals surface area (Å²) >= 11 is 5.93. The highest BCUT2D eigenvalue weighted by Crippen LogP contribution is 2.15. The Morgan fingerprint density at radius 3 is 2.68 bits per heavy atom. The molecule has 1 heterocycles. The van der Waals surface area contributed by atoms with Crippen molar-refractivity contribution in [2.75, 3.05) is 11.2 Å². The Hall–Kier alpha value is -1.68. The van der Waals surface area contributed by atoms with E-state index in [-0.39, 0.29) is 11.9 Å². The Morgan fingerprint density at radius 2 is 2.00 bits per heavy atom. The normalized spacial score (nSPS) is 12.2. The van der Waals surface area contributed by atoms with Gasteiger partial charge in [0.1, 0.15) is 6.33 Å². The smallest absolute Gasteiger partial charge is 0.186 e. The second-order valence-electron chi connectivity index (χ2n) is 4.31.